The van der Waals surface area contributed by atoms with Crippen LogP contribution in [-0.2, 0) is 0 Å². The Hall–Kier alpha value is -3.81. The summed E-state index contributed by atoms with van der Waals surface area (Å²) < 4.78 is 6.80. The van der Waals surface area contributed by atoms with Gasteiger partial charge in [0.2, 0.25) is 5.88 Å². The average Bonchev–Trinajstić information content (AvgIpc) is 3.17. The SMILES string of the molecule is CCOc1ccccc1[C@@H]1CC(c2c(O)n(-c3cc(C)cc(C)c3)c(=O)[nH]c2=O)=NN1. The molecule has 2 aromatic carbocycles. The monoisotopic (exact) mass is 420 g/mol. The van der Waals surface area contributed by atoms with Gasteiger partial charge in [-0.2, -0.15) is 5.10 Å². The number of benzene rings is 2. The van der Waals surface area contributed by atoms with Gasteiger partial charge >= 0.3 is 5.69 Å². The minimum Gasteiger partial charge on any atom is -0.494 e. The highest BCUT2D eigenvalue weighted by molar-refractivity contribution is 6.03. The summed E-state index contributed by atoms with van der Waals surface area (Å²) in [5.74, 6) is 0.301. The van der Waals surface area contributed by atoms with Gasteiger partial charge in [0.1, 0.15) is 11.3 Å². The molecule has 0 amide bonds. The molecule has 160 valence electrons. The summed E-state index contributed by atoms with van der Waals surface area (Å²) in [7, 11) is 0. The van der Waals surface area contributed by atoms with E-state index in [2.05, 4.69) is 15.5 Å². The highest BCUT2D eigenvalue weighted by atomic mass is 16.5. The van der Waals surface area contributed by atoms with Crippen LogP contribution in [0.1, 0.15) is 41.6 Å². The van der Waals surface area contributed by atoms with Crippen LogP contribution in [0.5, 0.6) is 11.6 Å². The molecule has 4 rings (SSSR count). The van der Waals surface area contributed by atoms with Gasteiger partial charge in [-0.3, -0.25) is 9.78 Å². The lowest BCUT2D eigenvalue weighted by Crippen LogP contribution is -2.33. The number of hydrogen-bond donors (Lipinski definition) is 3. The third-order valence-corrected chi connectivity index (χ3v) is 5.19. The van der Waals surface area contributed by atoms with Gasteiger partial charge in [0.25, 0.3) is 5.56 Å². The van der Waals surface area contributed by atoms with Crippen LogP contribution >= 0.6 is 0 Å². The summed E-state index contributed by atoms with van der Waals surface area (Å²) >= 11 is 0. The molecule has 1 aliphatic rings. The van der Waals surface area contributed by atoms with Crippen LogP contribution in [0.25, 0.3) is 5.69 Å². The Labute approximate surface area is 178 Å². The molecule has 1 atom stereocenters. The molecule has 0 saturated heterocycles. The molecule has 0 bridgehead atoms. The summed E-state index contributed by atoms with van der Waals surface area (Å²) in [5.41, 5.74) is 5.22. The first kappa shape index (κ1) is 20.5. The number of aromatic amines is 1. The molecular weight excluding hydrogens is 396 g/mol. The van der Waals surface area contributed by atoms with E-state index in [1.165, 1.54) is 0 Å². The molecule has 3 aromatic rings. The van der Waals surface area contributed by atoms with Gasteiger partial charge in [0.15, 0.2) is 0 Å². The molecule has 31 heavy (non-hydrogen) atoms. The van der Waals surface area contributed by atoms with Gasteiger partial charge in [-0.05, 0) is 50.1 Å². The van der Waals surface area contributed by atoms with Gasteiger partial charge in [-0.1, -0.05) is 24.3 Å². The fraction of sp³-hybridized carbons (Fsp3) is 0.261. The zero-order valence-electron chi connectivity index (χ0n) is 17.6. The molecular formula is C23H24N4O4. The average molecular weight is 420 g/mol. The largest absolute Gasteiger partial charge is 0.494 e. The lowest BCUT2D eigenvalue weighted by Gasteiger charge is -2.15. The van der Waals surface area contributed by atoms with E-state index in [9.17, 15) is 14.7 Å². The third-order valence-electron chi connectivity index (χ3n) is 5.19. The fourth-order valence-corrected chi connectivity index (χ4v) is 3.94. The van der Waals surface area contributed by atoms with Crippen LogP contribution in [0, 0.1) is 13.8 Å². The first-order chi connectivity index (χ1) is 14.9. The van der Waals surface area contributed by atoms with Crippen molar-refractivity contribution in [2.75, 3.05) is 6.61 Å². The number of aromatic nitrogens is 2. The predicted octanol–water partition coefficient (Wildman–Crippen LogP) is 2.69. The standard InChI is InChI=1S/C23H24N4O4/c1-4-31-19-8-6-5-7-16(19)17-12-18(26-25-17)20-21(28)24-23(30)27(22(20)29)15-10-13(2)9-14(3)11-15/h5-11,17,25,29H,4,12H2,1-3H3,(H,24,28,30)/t17-/m0/s1. The molecule has 0 saturated carbocycles. The molecule has 0 radical (unpaired) electrons. The van der Waals surface area contributed by atoms with Gasteiger partial charge in [-0.15, -0.1) is 0 Å². The van der Waals surface area contributed by atoms with Crippen LogP contribution < -0.4 is 21.4 Å². The number of nitrogens with one attached hydrogen (secondary N) is 2. The van der Waals surface area contributed by atoms with E-state index >= 15 is 0 Å². The Morgan fingerprint density at radius 1 is 1.16 bits per heavy atom. The Bertz CT molecular complexity index is 1270. The molecule has 8 nitrogen and oxygen atoms in total. The molecule has 0 spiro atoms. The molecule has 0 fully saturated rings. The van der Waals surface area contributed by atoms with E-state index in [0.29, 0.717) is 24.4 Å². The predicted molar refractivity (Wildman–Crippen MR) is 118 cm³/mol. The summed E-state index contributed by atoms with van der Waals surface area (Å²) in [5, 5.41) is 15.3. The summed E-state index contributed by atoms with van der Waals surface area (Å²) in [6.07, 6.45) is 0.353. The van der Waals surface area contributed by atoms with Gasteiger partial charge < -0.3 is 15.3 Å². The topological polar surface area (TPSA) is 109 Å². The maximum absolute atomic E-state index is 12.6. The van der Waals surface area contributed by atoms with E-state index in [1.54, 1.807) is 12.1 Å². The van der Waals surface area contributed by atoms with Crippen molar-refractivity contribution < 1.29 is 9.84 Å². The van der Waals surface area contributed by atoms with Crippen LogP contribution in [0.15, 0.2) is 57.2 Å². The second kappa shape index (κ2) is 8.14. The Balaban J connectivity index is 1.75. The van der Waals surface area contributed by atoms with Crippen LogP contribution in [0.2, 0.25) is 0 Å². The van der Waals surface area contributed by atoms with Crippen molar-refractivity contribution in [1.29, 1.82) is 0 Å². The highest BCUT2D eigenvalue weighted by Gasteiger charge is 2.29. The van der Waals surface area contributed by atoms with Crippen molar-refractivity contribution in [3.8, 4) is 17.3 Å². The molecule has 8 heteroatoms. The van der Waals surface area contributed by atoms with Crippen molar-refractivity contribution in [2.45, 2.75) is 33.2 Å². The number of aryl methyl sites for hydroxylation is 2. The van der Waals surface area contributed by atoms with Crippen molar-refractivity contribution in [1.82, 2.24) is 15.0 Å². The first-order valence-electron chi connectivity index (χ1n) is 10.1. The van der Waals surface area contributed by atoms with Crippen molar-refractivity contribution >= 4 is 5.71 Å². The Morgan fingerprint density at radius 3 is 2.58 bits per heavy atom. The number of hydrazone groups is 1. The highest BCUT2D eigenvalue weighted by Crippen LogP contribution is 2.32. The summed E-state index contributed by atoms with van der Waals surface area (Å²) in [4.78, 5) is 27.5. The lowest BCUT2D eigenvalue weighted by molar-refractivity contribution is 0.332. The number of rotatable bonds is 5. The normalized spacial score (nSPS) is 15.5. The minimum absolute atomic E-state index is 0.0253. The molecule has 3 N–H and O–H groups in total. The zero-order valence-corrected chi connectivity index (χ0v) is 17.6. The van der Waals surface area contributed by atoms with Crippen LogP contribution in [0.4, 0.5) is 0 Å². The number of nitrogens with zero attached hydrogens (tertiary/aromatic N) is 2. The molecule has 1 aliphatic heterocycles. The Kier molecular flexibility index (Phi) is 5.37. The fourth-order valence-electron chi connectivity index (χ4n) is 3.94. The first-order valence-corrected chi connectivity index (χ1v) is 10.1. The van der Waals surface area contributed by atoms with E-state index in [1.807, 2.05) is 51.1 Å². The quantitative estimate of drug-likeness (QED) is 0.588. The van der Waals surface area contributed by atoms with Crippen LogP contribution in [-0.4, -0.2) is 27.0 Å². The lowest BCUT2D eigenvalue weighted by atomic mass is 9.99. The smallest absolute Gasteiger partial charge is 0.335 e. The second-order valence-corrected chi connectivity index (χ2v) is 7.55. The van der Waals surface area contributed by atoms with Gasteiger partial charge in [0.05, 0.1) is 24.0 Å². The molecule has 2 heterocycles. The van der Waals surface area contributed by atoms with E-state index < -0.39 is 17.1 Å². The van der Waals surface area contributed by atoms with Gasteiger partial charge in [0, 0.05) is 12.0 Å². The van der Waals surface area contributed by atoms with Gasteiger partial charge in [-0.25, -0.2) is 9.36 Å². The summed E-state index contributed by atoms with van der Waals surface area (Å²) in [6.45, 7) is 6.24. The van der Waals surface area contributed by atoms with Crippen molar-refractivity contribution in [3.63, 3.8) is 0 Å². The minimum atomic E-state index is -0.707. The number of hydrogen-bond acceptors (Lipinski definition) is 6. The van der Waals surface area contributed by atoms with Crippen molar-refractivity contribution in [3.05, 3.63) is 85.6 Å². The molecule has 0 aliphatic carbocycles. The van der Waals surface area contributed by atoms with Crippen LogP contribution in [0.3, 0.4) is 0 Å². The molecule has 0 unspecified atom stereocenters. The van der Waals surface area contributed by atoms with E-state index in [4.69, 9.17) is 4.74 Å². The third kappa shape index (κ3) is 3.84. The van der Waals surface area contributed by atoms with E-state index in [-0.39, 0.29) is 11.6 Å². The van der Waals surface area contributed by atoms with Crippen molar-refractivity contribution in [2.24, 2.45) is 5.10 Å². The summed E-state index contributed by atoms with van der Waals surface area (Å²) in [6, 6.07) is 12.9. The maximum atomic E-state index is 12.6. The number of para-hydroxylation sites is 1. The van der Waals surface area contributed by atoms with E-state index in [0.717, 1.165) is 27.0 Å². The zero-order chi connectivity index (χ0) is 22.1. The number of H-pyrrole nitrogens is 1. The maximum Gasteiger partial charge on any atom is 0.335 e. The second-order valence-electron chi connectivity index (χ2n) is 7.55. The Morgan fingerprint density at radius 2 is 1.87 bits per heavy atom. The molecule has 1 aromatic heterocycles. The number of ether oxygens (including phenoxy) is 1. The number of aromatic hydroxyl groups is 1.